The molecular weight excluding hydrogens is 302 g/mol. The lowest BCUT2D eigenvalue weighted by Gasteiger charge is -2.05. The average Bonchev–Trinajstić information content (AvgIpc) is 3.04. The number of furan rings is 1. The molecule has 0 aliphatic heterocycles. The molecule has 0 saturated carbocycles. The largest absolute Gasteiger partial charge is 0.477 e. The van der Waals surface area contributed by atoms with Gasteiger partial charge >= 0.3 is 5.97 Å². The standard InChI is InChI=1S/C17H16ClNO3/c1-2-3-8-19-13-9-15(11-4-6-12(18)7-5-11)22-16(13)10-14(19)17(20)21/h4-7,9-10H,2-3,8H2,1H3,(H,20,21). The Kier molecular flexibility index (Phi) is 3.94. The first-order chi connectivity index (χ1) is 10.6. The van der Waals surface area contributed by atoms with Crippen LogP contribution in [-0.4, -0.2) is 15.6 Å². The van der Waals surface area contributed by atoms with E-state index >= 15 is 0 Å². The Hall–Kier alpha value is -2.20. The first-order valence-electron chi connectivity index (χ1n) is 7.22. The lowest BCUT2D eigenvalue weighted by molar-refractivity contribution is 0.0685. The number of carbonyl (C=O) groups is 1. The molecule has 0 spiro atoms. The predicted molar refractivity (Wildman–Crippen MR) is 86.5 cm³/mol. The molecule has 1 aromatic carbocycles. The second kappa shape index (κ2) is 5.89. The van der Waals surface area contributed by atoms with E-state index < -0.39 is 5.97 Å². The van der Waals surface area contributed by atoms with Crippen molar-refractivity contribution in [3.63, 3.8) is 0 Å². The van der Waals surface area contributed by atoms with Gasteiger partial charge in [0.2, 0.25) is 0 Å². The summed E-state index contributed by atoms with van der Waals surface area (Å²) in [5.41, 5.74) is 2.60. The van der Waals surface area contributed by atoms with Crippen LogP contribution in [0, 0.1) is 0 Å². The van der Waals surface area contributed by atoms with Gasteiger partial charge in [0, 0.05) is 29.3 Å². The minimum Gasteiger partial charge on any atom is -0.477 e. The van der Waals surface area contributed by atoms with E-state index in [4.69, 9.17) is 16.0 Å². The van der Waals surface area contributed by atoms with Crippen LogP contribution in [0.4, 0.5) is 0 Å². The van der Waals surface area contributed by atoms with E-state index in [2.05, 4.69) is 6.92 Å². The summed E-state index contributed by atoms with van der Waals surface area (Å²) in [6.07, 6.45) is 1.92. The number of nitrogens with zero attached hydrogens (tertiary/aromatic N) is 1. The number of unbranched alkanes of at least 4 members (excludes halogenated alkanes) is 1. The maximum Gasteiger partial charge on any atom is 0.352 e. The van der Waals surface area contributed by atoms with Crippen LogP contribution in [0.1, 0.15) is 30.3 Å². The molecule has 0 radical (unpaired) electrons. The fourth-order valence-corrected chi connectivity index (χ4v) is 2.66. The first-order valence-corrected chi connectivity index (χ1v) is 7.60. The molecule has 0 amide bonds. The highest BCUT2D eigenvalue weighted by atomic mass is 35.5. The number of rotatable bonds is 5. The number of aromatic carboxylic acids is 1. The molecule has 4 nitrogen and oxygen atoms in total. The quantitative estimate of drug-likeness (QED) is 0.716. The molecule has 0 atom stereocenters. The molecule has 3 aromatic rings. The van der Waals surface area contributed by atoms with Crippen molar-refractivity contribution in [2.75, 3.05) is 0 Å². The summed E-state index contributed by atoms with van der Waals surface area (Å²) in [5.74, 6) is -0.223. The van der Waals surface area contributed by atoms with Crippen molar-refractivity contribution >= 4 is 28.7 Å². The topological polar surface area (TPSA) is 55.4 Å². The molecule has 5 heteroatoms. The van der Waals surface area contributed by atoms with Gasteiger partial charge in [-0.05, 0) is 30.7 Å². The zero-order valence-corrected chi connectivity index (χ0v) is 12.9. The summed E-state index contributed by atoms with van der Waals surface area (Å²) >= 11 is 5.89. The molecule has 0 aliphatic rings. The van der Waals surface area contributed by atoms with Gasteiger partial charge in [0.1, 0.15) is 11.5 Å². The Balaban J connectivity index is 2.08. The summed E-state index contributed by atoms with van der Waals surface area (Å²) in [6, 6.07) is 10.9. The van der Waals surface area contributed by atoms with E-state index in [1.807, 2.05) is 22.8 Å². The van der Waals surface area contributed by atoms with E-state index in [9.17, 15) is 9.90 Å². The number of aryl methyl sites for hydroxylation is 1. The van der Waals surface area contributed by atoms with Gasteiger partial charge in [-0.2, -0.15) is 0 Å². The minimum atomic E-state index is -0.935. The number of carboxylic acids is 1. The molecule has 0 aliphatic carbocycles. The van der Waals surface area contributed by atoms with Crippen molar-refractivity contribution in [3.8, 4) is 11.3 Å². The van der Waals surface area contributed by atoms with E-state index in [1.54, 1.807) is 18.2 Å². The van der Waals surface area contributed by atoms with Crippen molar-refractivity contribution in [3.05, 3.63) is 47.1 Å². The first kappa shape index (κ1) is 14.7. The van der Waals surface area contributed by atoms with Crippen molar-refractivity contribution in [2.24, 2.45) is 0 Å². The monoisotopic (exact) mass is 317 g/mol. The van der Waals surface area contributed by atoms with E-state index in [1.165, 1.54) is 0 Å². The van der Waals surface area contributed by atoms with Crippen LogP contribution in [0.3, 0.4) is 0 Å². The lowest BCUT2D eigenvalue weighted by Crippen LogP contribution is -2.08. The fraction of sp³-hybridized carbons (Fsp3) is 0.235. The van der Waals surface area contributed by atoms with E-state index in [0.29, 0.717) is 22.9 Å². The summed E-state index contributed by atoms with van der Waals surface area (Å²) in [5, 5.41) is 9.99. The summed E-state index contributed by atoms with van der Waals surface area (Å²) < 4.78 is 7.63. The molecule has 1 N–H and O–H groups in total. The van der Waals surface area contributed by atoms with Crippen molar-refractivity contribution in [1.82, 2.24) is 4.57 Å². The molecule has 2 aromatic heterocycles. The number of benzene rings is 1. The Labute approximate surface area is 132 Å². The smallest absolute Gasteiger partial charge is 0.352 e. The predicted octanol–water partition coefficient (Wildman–Crippen LogP) is 5.05. The number of carboxylic acid groups (broad SMARTS) is 1. The van der Waals surface area contributed by atoms with Crippen LogP contribution in [0.5, 0.6) is 0 Å². The fourth-order valence-electron chi connectivity index (χ4n) is 2.53. The van der Waals surface area contributed by atoms with Gasteiger partial charge in [0.25, 0.3) is 0 Å². The normalized spacial score (nSPS) is 11.2. The zero-order chi connectivity index (χ0) is 15.7. The Morgan fingerprint density at radius 2 is 2.00 bits per heavy atom. The summed E-state index contributed by atoms with van der Waals surface area (Å²) in [7, 11) is 0. The lowest BCUT2D eigenvalue weighted by atomic mass is 10.2. The van der Waals surface area contributed by atoms with E-state index in [-0.39, 0.29) is 5.69 Å². The third-order valence-corrected chi connectivity index (χ3v) is 3.92. The second-order valence-electron chi connectivity index (χ2n) is 5.21. The van der Waals surface area contributed by atoms with Crippen molar-refractivity contribution < 1.29 is 14.3 Å². The van der Waals surface area contributed by atoms with Gasteiger partial charge in [-0.1, -0.05) is 24.9 Å². The molecule has 2 heterocycles. The average molecular weight is 318 g/mol. The minimum absolute atomic E-state index is 0.268. The molecule has 0 bridgehead atoms. The highest BCUT2D eigenvalue weighted by Crippen LogP contribution is 2.31. The third-order valence-electron chi connectivity index (χ3n) is 3.67. The zero-order valence-electron chi connectivity index (χ0n) is 12.2. The molecule has 114 valence electrons. The number of hydrogen-bond donors (Lipinski definition) is 1. The number of hydrogen-bond acceptors (Lipinski definition) is 2. The highest BCUT2D eigenvalue weighted by Gasteiger charge is 2.18. The second-order valence-corrected chi connectivity index (χ2v) is 5.64. The molecule has 0 fully saturated rings. The molecule has 3 rings (SSSR count). The van der Waals surface area contributed by atoms with Crippen LogP contribution in [0.15, 0.2) is 40.8 Å². The summed E-state index contributed by atoms with van der Waals surface area (Å²) in [4.78, 5) is 11.4. The van der Waals surface area contributed by atoms with E-state index in [0.717, 1.165) is 23.9 Å². The van der Waals surface area contributed by atoms with Gasteiger partial charge in [0.05, 0.1) is 5.52 Å². The van der Waals surface area contributed by atoms with Crippen LogP contribution >= 0.6 is 11.6 Å². The van der Waals surface area contributed by atoms with Gasteiger partial charge in [-0.25, -0.2) is 4.79 Å². The molecule has 22 heavy (non-hydrogen) atoms. The molecule has 0 unspecified atom stereocenters. The van der Waals surface area contributed by atoms with Crippen LogP contribution < -0.4 is 0 Å². The Morgan fingerprint density at radius 3 is 2.64 bits per heavy atom. The Bertz CT molecular complexity index is 814. The van der Waals surface area contributed by atoms with Crippen LogP contribution in [0.25, 0.3) is 22.4 Å². The Morgan fingerprint density at radius 1 is 1.27 bits per heavy atom. The molecular formula is C17H16ClNO3. The number of halogens is 1. The number of aromatic nitrogens is 1. The maximum atomic E-state index is 11.4. The van der Waals surface area contributed by atoms with Gasteiger partial charge in [0.15, 0.2) is 5.58 Å². The van der Waals surface area contributed by atoms with Crippen LogP contribution in [0.2, 0.25) is 5.02 Å². The maximum absolute atomic E-state index is 11.4. The summed E-state index contributed by atoms with van der Waals surface area (Å²) in [6.45, 7) is 2.75. The highest BCUT2D eigenvalue weighted by molar-refractivity contribution is 6.30. The van der Waals surface area contributed by atoms with Gasteiger partial charge < -0.3 is 14.1 Å². The molecule has 0 saturated heterocycles. The number of fused-ring (bicyclic) bond motifs is 1. The van der Waals surface area contributed by atoms with Crippen molar-refractivity contribution in [2.45, 2.75) is 26.3 Å². The third kappa shape index (κ3) is 2.62. The SMILES string of the molecule is CCCCn1c(C(=O)O)cc2oc(-c3ccc(Cl)cc3)cc21. The van der Waals surface area contributed by atoms with Crippen LogP contribution in [-0.2, 0) is 6.54 Å². The van der Waals surface area contributed by atoms with Crippen molar-refractivity contribution in [1.29, 1.82) is 0 Å². The van der Waals surface area contributed by atoms with Gasteiger partial charge in [-0.3, -0.25) is 0 Å². The van der Waals surface area contributed by atoms with Gasteiger partial charge in [-0.15, -0.1) is 0 Å².